The molecule has 4 aromatic heterocycles. The van der Waals surface area contributed by atoms with E-state index in [9.17, 15) is 19.2 Å². The number of alkyl carbamates (subject to hydrolysis) is 2. The van der Waals surface area contributed by atoms with Gasteiger partial charge in [0, 0.05) is 35.0 Å². The zero-order valence-electron chi connectivity index (χ0n) is 32.8. The lowest BCUT2D eigenvalue weighted by atomic mass is 10.00. The van der Waals surface area contributed by atoms with Gasteiger partial charge >= 0.3 is 12.2 Å². The third-order valence-electron chi connectivity index (χ3n) is 10.6. The average Bonchev–Trinajstić information content (AvgIpc) is 4.06. The minimum atomic E-state index is -0.719. The number of carbonyl (C=O) groups excluding carboxylic acids is 4. The molecule has 5 aromatic rings. The third kappa shape index (κ3) is 7.83. The van der Waals surface area contributed by atoms with E-state index in [0.717, 1.165) is 47.6 Å². The zero-order valence-corrected chi connectivity index (χ0v) is 32.8. The van der Waals surface area contributed by atoms with Crippen LogP contribution in [0, 0.1) is 35.5 Å². The zero-order chi connectivity index (χ0) is 40.4. The number of hydrogen-bond donors (Lipinski definition) is 4. The predicted octanol–water partition coefficient (Wildman–Crippen LogP) is 5.36. The highest BCUT2D eigenvalue weighted by Gasteiger charge is 2.39. The minimum absolute atomic E-state index is 0.132. The van der Waals surface area contributed by atoms with E-state index < -0.39 is 24.3 Å². The second-order valence-electron chi connectivity index (χ2n) is 15.0. The maximum atomic E-state index is 13.6. The van der Waals surface area contributed by atoms with Crippen molar-refractivity contribution in [3.8, 4) is 23.7 Å². The van der Waals surface area contributed by atoms with Crippen LogP contribution in [0.15, 0.2) is 41.1 Å². The van der Waals surface area contributed by atoms with Gasteiger partial charge in [0.1, 0.15) is 46.3 Å². The Morgan fingerprint density at radius 1 is 0.702 bits per heavy atom. The first kappa shape index (κ1) is 38.8. The molecule has 7 rings (SSSR count). The van der Waals surface area contributed by atoms with Crippen LogP contribution in [0.1, 0.15) is 99.6 Å². The first-order chi connectivity index (χ1) is 27.5. The summed E-state index contributed by atoms with van der Waals surface area (Å²) in [5.74, 6) is 13.6. The summed E-state index contributed by atoms with van der Waals surface area (Å²) in [7, 11) is 2.55. The Hall–Kier alpha value is -6.48. The van der Waals surface area contributed by atoms with E-state index in [1.54, 1.807) is 22.2 Å². The molecule has 15 nitrogen and oxygen atoms in total. The van der Waals surface area contributed by atoms with Crippen molar-refractivity contribution in [2.75, 3.05) is 27.3 Å². The molecule has 6 heterocycles. The van der Waals surface area contributed by atoms with E-state index in [-0.39, 0.29) is 35.7 Å². The van der Waals surface area contributed by atoms with Crippen LogP contribution in [0.25, 0.3) is 21.9 Å². The van der Waals surface area contributed by atoms with Crippen molar-refractivity contribution in [3.05, 3.63) is 70.8 Å². The first-order valence-electron chi connectivity index (χ1n) is 19.2. The number of nitrogens with one attached hydrogen (secondary N) is 4. The third-order valence-corrected chi connectivity index (χ3v) is 10.6. The van der Waals surface area contributed by atoms with Crippen LogP contribution in [0.3, 0.4) is 0 Å². The summed E-state index contributed by atoms with van der Waals surface area (Å²) in [4.78, 5) is 70.4. The van der Waals surface area contributed by atoms with Crippen LogP contribution < -0.4 is 10.6 Å². The maximum absolute atomic E-state index is 13.6. The maximum Gasteiger partial charge on any atom is 0.407 e. The lowest BCUT2D eigenvalue weighted by Gasteiger charge is -2.29. The lowest BCUT2D eigenvalue weighted by Crippen LogP contribution is -2.51. The van der Waals surface area contributed by atoms with Gasteiger partial charge in [0.25, 0.3) is 0 Å². The number of aromatic amines is 2. The first-order valence-corrected chi connectivity index (χ1v) is 19.2. The summed E-state index contributed by atoms with van der Waals surface area (Å²) >= 11 is 0. The number of hydrogen-bond acceptors (Lipinski definition) is 9. The van der Waals surface area contributed by atoms with Gasteiger partial charge < -0.3 is 44.3 Å². The quantitative estimate of drug-likeness (QED) is 0.151. The number of carbonyl (C=O) groups is 4. The molecule has 57 heavy (non-hydrogen) atoms. The summed E-state index contributed by atoms with van der Waals surface area (Å²) in [5, 5.41) is 7.08. The highest BCUT2D eigenvalue weighted by atomic mass is 16.5. The molecule has 1 aromatic carbocycles. The Kier molecular flexibility index (Phi) is 11.1. The summed E-state index contributed by atoms with van der Waals surface area (Å²) in [6.07, 6.45) is 5.14. The molecule has 2 bridgehead atoms. The fourth-order valence-corrected chi connectivity index (χ4v) is 7.72. The Bertz CT molecular complexity index is 2260. The second-order valence-corrected chi connectivity index (χ2v) is 15.0. The van der Waals surface area contributed by atoms with Crippen LogP contribution in [-0.4, -0.2) is 93.1 Å². The number of rotatable bonds is 8. The van der Waals surface area contributed by atoms with Gasteiger partial charge in [-0.3, -0.25) is 9.59 Å². The largest absolute Gasteiger partial charge is 0.456 e. The highest BCUT2D eigenvalue weighted by molar-refractivity contribution is 6.12. The van der Waals surface area contributed by atoms with Crippen LogP contribution in [0.4, 0.5) is 9.59 Å². The Morgan fingerprint density at radius 2 is 1.12 bits per heavy atom. The van der Waals surface area contributed by atoms with Crippen LogP contribution >= 0.6 is 0 Å². The lowest BCUT2D eigenvalue weighted by molar-refractivity contribution is -0.136. The molecule has 4 N–H and O–H groups in total. The number of fused-ring (bicyclic) bond motifs is 5. The molecule has 2 fully saturated rings. The number of furan rings is 2. The monoisotopic (exact) mass is 774 g/mol. The number of aromatic nitrogens is 4. The number of benzene rings is 2. The topological polar surface area (TPSA) is 188 Å². The van der Waals surface area contributed by atoms with Gasteiger partial charge in [0.2, 0.25) is 11.8 Å². The fourth-order valence-electron chi connectivity index (χ4n) is 7.72. The second kappa shape index (κ2) is 16.3. The standard InChI is InChI=1S/C42H46N8O7/c1-23(2)35(47-41(53)55-5)39(51)49-19-7-9-29(49)37-43-21-27(45-37)15-13-25-11-12-26(34-32-18-17-31(57-32)33(25)34)14-16-28-22-44-38(46-28)30-10-8-20-50(30)40(52)36(24(3)4)48-42(54)56-6/h11-12,17-18,21-24,29-30,35-36H,7-10,19-20H2,1-6H3,(H,43,45)(H,44,46)(H,47,53)(H,48,54). The molecular formula is C42H46N8O7. The number of amides is 4. The Balaban J connectivity index is 1.09. The number of likely N-dealkylation sites (tertiary alicyclic amines) is 2. The van der Waals surface area contributed by atoms with Gasteiger partial charge in [0.15, 0.2) is 0 Å². The van der Waals surface area contributed by atoms with Gasteiger partial charge in [-0.15, -0.1) is 0 Å². The Morgan fingerprint density at radius 3 is 1.51 bits per heavy atom. The van der Waals surface area contributed by atoms with Crippen LogP contribution in [0.2, 0.25) is 0 Å². The molecule has 0 radical (unpaired) electrons. The summed E-state index contributed by atoms with van der Waals surface area (Å²) in [5.41, 5.74) is 4.14. The van der Waals surface area contributed by atoms with Gasteiger partial charge in [-0.1, -0.05) is 39.5 Å². The molecule has 0 saturated carbocycles. The van der Waals surface area contributed by atoms with Crippen molar-refractivity contribution in [1.29, 1.82) is 0 Å². The van der Waals surface area contributed by atoms with Crippen molar-refractivity contribution in [2.45, 2.75) is 77.5 Å². The van der Waals surface area contributed by atoms with E-state index in [1.807, 2.05) is 52.0 Å². The minimum Gasteiger partial charge on any atom is -0.456 e. The van der Waals surface area contributed by atoms with Gasteiger partial charge in [0.05, 0.1) is 38.7 Å². The number of nitrogens with zero attached hydrogens (tertiary/aromatic N) is 4. The molecule has 4 amide bonds. The molecule has 15 heteroatoms. The van der Waals surface area contributed by atoms with E-state index in [4.69, 9.17) is 13.9 Å². The number of ether oxygens (including phenoxy) is 2. The Labute approximate surface area is 330 Å². The molecule has 2 aliphatic heterocycles. The summed E-state index contributed by atoms with van der Waals surface area (Å²) in [6, 6.07) is 5.70. The van der Waals surface area contributed by atoms with Crippen LogP contribution in [0.5, 0.6) is 0 Å². The number of H-pyrrole nitrogens is 2. The van der Waals surface area contributed by atoms with Gasteiger partial charge in [-0.2, -0.15) is 0 Å². The normalized spacial score (nSPS) is 17.7. The fraction of sp³-hybridized carbons (Fsp3) is 0.429. The van der Waals surface area contributed by atoms with Crippen molar-refractivity contribution in [2.24, 2.45) is 11.8 Å². The predicted molar refractivity (Wildman–Crippen MR) is 210 cm³/mol. The van der Waals surface area contributed by atoms with Crippen molar-refractivity contribution in [1.82, 2.24) is 40.4 Å². The van der Waals surface area contributed by atoms with E-state index in [2.05, 4.69) is 54.3 Å². The highest BCUT2D eigenvalue weighted by Crippen LogP contribution is 2.36. The molecule has 4 unspecified atom stereocenters. The summed E-state index contributed by atoms with van der Waals surface area (Å²) in [6.45, 7) is 8.64. The van der Waals surface area contributed by atoms with E-state index >= 15 is 0 Å². The number of methoxy groups -OCH3 is 2. The summed E-state index contributed by atoms with van der Waals surface area (Å²) < 4.78 is 15.6. The molecule has 296 valence electrons. The van der Waals surface area contributed by atoms with Crippen molar-refractivity contribution >= 4 is 45.9 Å². The van der Waals surface area contributed by atoms with Crippen molar-refractivity contribution in [3.63, 3.8) is 0 Å². The smallest absolute Gasteiger partial charge is 0.407 e. The molecular weight excluding hydrogens is 729 g/mol. The number of imidazole rings is 2. The molecule has 0 aliphatic carbocycles. The SMILES string of the molecule is COC(=O)NC(C(=O)N1CCCC1c1ncc(C#Cc2ccc(C#Cc3cnc(C4CCCN4C(=O)C(NC(=O)OC)C(C)C)[nH]3)c3c4ccc(o4)c23)[nH]1)C(C)C. The van der Waals surface area contributed by atoms with E-state index in [0.29, 0.717) is 47.3 Å². The molecule has 4 atom stereocenters. The van der Waals surface area contributed by atoms with Gasteiger partial charge in [-0.05, 0) is 73.6 Å². The average molecular weight is 775 g/mol. The van der Waals surface area contributed by atoms with Crippen molar-refractivity contribution < 1.29 is 33.1 Å². The molecule has 0 spiro atoms. The molecule has 2 saturated heterocycles. The van der Waals surface area contributed by atoms with Crippen LogP contribution in [-0.2, 0) is 19.1 Å². The van der Waals surface area contributed by atoms with Gasteiger partial charge in [-0.25, -0.2) is 19.6 Å². The molecule has 2 aliphatic rings. The van der Waals surface area contributed by atoms with E-state index in [1.165, 1.54) is 14.2 Å².